The topological polar surface area (TPSA) is 34.2 Å². The summed E-state index contributed by atoms with van der Waals surface area (Å²) in [4.78, 5) is 4.17. The predicted octanol–water partition coefficient (Wildman–Crippen LogP) is 3.08. The highest BCUT2D eigenvalue weighted by molar-refractivity contribution is 5.35. The second-order valence-corrected chi connectivity index (χ2v) is 3.45. The van der Waals surface area contributed by atoms with Crippen molar-refractivity contribution in [3.63, 3.8) is 0 Å². The molecule has 0 aliphatic rings. The van der Waals surface area contributed by atoms with Gasteiger partial charge in [0.05, 0.1) is 0 Å². The van der Waals surface area contributed by atoms with Crippen molar-refractivity contribution in [2.45, 2.75) is 6.23 Å². The van der Waals surface area contributed by atoms with Gasteiger partial charge in [-0.3, -0.25) is 0 Å². The summed E-state index contributed by atoms with van der Waals surface area (Å²) in [6.45, 7) is 3.74. The van der Waals surface area contributed by atoms with Crippen LogP contribution in [0.5, 0.6) is 5.75 Å². The Bertz CT molecular complexity index is 415. The van der Waals surface area contributed by atoms with Crippen LogP contribution in [0, 0.1) is 0 Å². The quantitative estimate of drug-likeness (QED) is 0.628. The molecule has 1 unspecified atom stereocenters. The molecule has 0 saturated carbocycles. The summed E-state index contributed by atoms with van der Waals surface area (Å²) >= 11 is 0. The van der Waals surface area contributed by atoms with Gasteiger partial charge >= 0.3 is 0 Å². The minimum Gasteiger partial charge on any atom is -0.467 e. The van der Waals surface area contributed by atoms with Crippen molar-refractivity contribution < 1.29 is 4.74 Å². The third kappa shape index (κ3) is 3.34. The SMILES string of the molecule is C=CC(Nc1ccccn1)Oc1ccccc1. The van der Waals surface area contributed by atoms with Gasteiger partial charge in [0, 0.05) is 6.20 Å². The maximum absolute atomic E-state index is 5.70. The van der Waals surface area contributed by atoms with Gasteiger partial charge in [0.25, 0.3) is 0 Å². The Morgan fingerprint density at radius 3 is 2.53 bits per heavy atom. The molecule has 3 nitrogen and oxygen atoms in total. The molecule has 0 aliphatic heterocycles. The molecular weight excluding hydrogens is 212 g/mol. The van der Waals surface area contributed by atoms with Crippen LogP contribution in [0.25, 0.3) is 0 Å². The van der Waals surface area contributed by atoms with Crippen molar-refractivity contribution in [2.24, 2.45) is 0 Å². The Labute approximate surface area is 101 Å². The molecule has 0 spiro atoms. The van der Waals surface area contributed by atoms with Crippen LogP contribution in [0.15, 0.2) is 67.4 Å². The number of hydrogen-bond acceptors (Lipinski definition) is 3. The van der Waals surface area contributed by atoms with E-state index >= 15 is 0 Å². The minimum absolute atomic E-state index is 0.299. The Balaban J connectivity index is 2.01. The number of hydrogen-bond donors (Lipinski definition) is 1. The zero-order valence-electron chi connectivity index (χ0n) is 9.41. The number of rotatable bonds is 5. The van der Waals surface area contributed by atoms with Crippen molar-refractivity contribution in [3.8, 4) is 5.75 Å². The van der Waals surface area contributed by atoms with E-state index in [4.69, 9.17) is 4.74 Å². The first-order valence-electron chi connectivity index (χ1n) is 5.40. The van der Waals surface area contributed by atoms with Crippen LogP contribution in [0.4, 0.5) is 5.82 Å². The zero-order valence-corrected chi connectivity index (χ0v) is 9.41. The molecule has 86 valence electrons. The normalized spacial score (nSPS) is 11.5. The van der Waals surface area contributed by atoms with E-state index < -0.39 is 0 Å². The van der Waals surface area contributed by atoms with Crippen LogP contribution < -0.4 is 10.1 Å². The summed E-state index contributed by atoms with van der Waals surface area (Å²) in [6.07, 6.45) is 3.12. The third-order valence-corrected chi connectivity index (χ3v) is 2.18. The molecule has 0 fully saturated rings. The molecule has 0 amide bonds. The Morgan fingerprint density at radius 1 is 1.12 bits per heavy atom. The van der Waals surface area contributed by atoms with Gasteiger partial charge in [-0.2, -0.15) is 0 Å². The number of benzene rings is 1. The highest BCUT2D eigenvalue weighted by atomic mass is 16.5. The lowest BCUT2D eigenvalue weighted by molar-refractivity contribution is 0.277. The molecular formula is C14H14N2O. The van der Waals surface area contributed by atoms with E-state index in [1.165, 1.54) is 0 Å². The van der Waals surface area contributed by atoms with Crippen LogP contribution in [0.1, 0.15) is 0 Å². The molecule has 0 saturated heterocycles. The van der Waals surface area contributed by atoms with Gasteiger partial charge in [-0.1, -0.05) is 30.8 Å². The first kappa shape index (κ1) is 11.2. The molecule has 3 heteroatoms. The van der Waals surface area contributed by atoms with Gasteiger partial charge in [0.15, 0.2) is 6.23 Å². The largest absolute Gasteiger partial charge is 0.467 e. The monoisotopic (exact) mass is 226 g/mol. The lowest BCUT2D eigenvalue weighted by Gasteiger charge is -2.17. The maximum atomic E-state index is 5.70. The summed E-state index contributed by atoms with van der Waals surface area (Å²) in [6, 6.07) is 15.3. The fourth-order valence-corrected chi connectivity index (χ4v) is 1.38. The van der Waals surface area contributed by atoms with Crippen LogP contribution in [-0.4, -0.2) is 11.2 Å². The standard InChI is InChI=1S/C14H14N2O/c1-2-14(16-13-10-6-7-11-15-13)17-12-8-4-3-5-9-12/h2-11,14H,1H2,(H,15,16). The van der Waals surface area contributed by atoms with E-state index in [2.05, 4.69) is 16.9 Å². The highest BCUT2D eigenvalue weighted by Gasteiger charge is 2.05. The van der Waals surface area contributed by atoms with Crippen molar-refractivity contribution >= 4 is 5.82 Å². The second kappa shape index (κ2) is 5.70. The summed E-state index contributed by atoms with van der Waals surface area (Å²) < 4.78 is 5.70. The Hall–Kier alpha value is -2.29. The molecule has 2 rings (SSSR count). The van der Waals surface area contributed by atoms with Gasteiger partial charge in [0.1, 0.15) is 11.6 Å². The van der Waals surface area contributed by atoms with Crippen molar-refractivity contribution in [1.29, 1.82) is 0 Å². The Kier molecular flexibility index (Phi) is 3.76. The van der Waals surface area contributed by atoms with E-state index in [0.717, 1.165) is 11.6 Å². The van der Waals surface area contributed by atoms with E-state index in [1.807, 2.05) is 48.5 Å². The fraction of sp³-hybridized carbons (Fsp3) is 0.0714. The molecule has 17 heavy (non-hydrogen) atoms. The molecule has 0 aliphatic carbocycles. The van der Waals surface area contributed by atoms with Gasteiger partial charge in [-0.25, -0.2) is 4.98 Å². The van der Waals surface area contributed by atoms with Crippen molar-refractivity contribution in [2.75, 3.05) is 5.32 Å². The van der Waals surface area contributed by atoms with Gasteiger partial charge < -0.3 is 10.1 Å². The first-order chi connectivity index (χ1) is 8.38. The third-order valence-electron chi connectivity index (χ3n) is 2.18. The van der Waals surface area contributed by atoms with Gasteiger partial charge in [-0.15, -0.1) is 0 Å². The number of para-hydroxylation sites is 1. The maximum Gasteiger partial charge on any atom is 0.190 e. The number of nitrogens with zero attached hydrogens (tertiary/aromatic N) is 1. The molecule has 1 aromatic carbocycles. The average Bonchev–Trinajstić information content (AvgIpc) is 2.40. The number of ether oxygens (including phenoxy) is 1. The van der Waals surface area contributed by atoms with E-state index in [-0.39, 0.29) is 6.23 Å². The number of anilines is 1. The molecule has 2 aromatic rings. The lowest BCUT2D eigenvalue weighted by atomic mass is 10.3. The van der Waals surface area contributed by atoms with E-state index in [0.29, 0.717) is 0 Å². The van der Waals surface area contributed by atoms with Gasteiger partial charge in [-0.05, 0) is 30.3 Å². The smallest absolute Gasteiger partial charge is 0.190 e. The first-order valence-corrected chi connectivity index (χ1v) is 5.40. The van der Waals surface area contributed by atoms with Crippen LogP contribution in [-0.2, 0) is 0 Å². The lowest BCUT2D eigenvalue weighted by Crippen LogP contribution is -2.24. The summed E-state index contributed by atoms with van der Waals surface area (Å²) in [5, 5.41) is 3.13. The Morgan fingerprint density at radius 2 is 1.88 bits per heavy atom. The second-order valence-electron chi connectivity index (χ2n) is 3.45. The zero-order chi connectivity index (χ0) is 11.9. The summed E-state index contributed by atoms with van der Waals surface area (Å²) in [5.74, 6) is 1.55. The van der Waals surface area contributed by atoms with Gasteiger partial charge in [0.2, 0.25) is 0 Å². The predicted molar refractivity (Wildman–Crippen MR) is 68.9 cm³/mol. The van der Waals surface area contributed by atoms with E-state index in [9.17, 15) is 0 Å². The fourth-order valence-electron chi connectivity index (χ4n) is 1.38. The summed E-state index contributed by atoms with van der Waals surface area (Å²) in [5.41, 5.74) is 0. The molecule has 1 atom stereocenters. The average molecular weight is 226 g/mol. The van der Waals surface area contributed by atoms with Crippen LogP contribution in [0.2, 0.25) is 0 Å². The molecule has 0 radical (unpaired) electrons. The van der Waals surface area contributed by atoms with Crippen LogP contribution >= 0.6 is 0 Å². The van der Waals surface area contributed by atoms with E-state index in [1.54, 1.807) is 12.3 Å². The number of nitrogens with one attached hydrogen (secondary N) is 1. The van der Waals surface area contributed by atoms with Crippen molar-refractivity contribution in [3.05, 3.63) is 67.4 Å². The molecule has 1 heterocycles. The summed E-state index contributed by atoms with van der Waals surface area (Å²) in [7, 11) is 0. The minimum atomic E-state index is -0.299. The van der Waals surface area contributed by atoms with Crippen molar-refractivity contribution in [1.82, 2.24) is 4.98 Å². The number of pyridine rings is 1. The highest BCUT2D eigenvalue weighted by Crippen LogP contribution is 2.12. The molecule has 1 aromatic heterocycles. The van der Waals surface area contributed by atoms with Crippen LogP contribution in [0.3, 0.4) is 0 Å². The number of aromatic nitrogens is 1. The molecule has 0 bridgehead atoms. The molecule has 1 N–H and O–H groups in total.